The number of carbonyl (C=O) groups excluding carboxylic acids is 1. The molecular weight excluding hydrogens is 306 g/mol. The van der Waals surface area contributed by atoms with E-state index in [0.717, 1.165) is 50.2 Å². The third kappa shape index (κ3) is 5.26. The molecule has 0 atom stereocenters. The fourth-order valence-corrected chi connectivity index (χ4v) is 2.91. The number of nitrogens with zero attached hydrogens (tertiary/aromatic N) is 2. The van der Waals surface area contributed by atoms with Gasteiger partial charge in [-0.1, -0.05) is 5.16 Å². The fraction of sp³-hybridized carbons (Fsp3) is 0.733. The Balaban J connectivity index is 1.56. The van der Waals surface area contributed by atoms with Gasteiger partial charge < -0.3 is 19.8 Å². The number of likely N-dealkylation sites (tertiary alicyclic amines) is 1. The van der Waals surface area contributed by atoms with Crippen LogP contribution in [0.1, 0.15) is 36.9 Å². The summed E-state index contributed by atoms with van der Waals surface area (Å²) in [7, 11) is 0. The highest BCUT2D eigenvalue weighted by atomic mass is 35.5. The lowest BCUT2D eigenvalue weighted by atomic mass is 10.1. The Morgan fingerprint density at radius 1 is 1.50 bits per heavy atom. The summed E-state index contributed by atoms with van der Waals surface area (Å²) < 4.78 is 4.86. The number of hydrogen-bond acceptors (Lipinski definition) is 5. The highest BCUT2D eigenvalue weighted by Gasteiger charge is 2.16. The molecule has 1 aromatic rings. The summed E-state index contributed by atoms with van der Waals surface area (Å²) in [5, 5.41) is 16.4. The van der Waals surface area contributed by atoms with Gasteiger partial charge in [0.05, 0.1) is 11.8 Å². The van der Waals surface area contributed by atoms with Crippen molar-refractivity contribution < 1.29 is 14.4 Å². The first kappa shape index (κ1) is 17.2. The molecule has 0 unspecified atom stereocenters. The summed E-state index contributed by atoms with van der Waals surface area (Å²) >= 11 is 5.87. The van der Waals surface area contributed by atoms with Crippen LogP contribution >= 0.6 is 11.6 Å². The molecule has 1 saturated heterocycles. The number of carbonyl (C=O) groups is 1. The molecule has 6 nitrogen and oxygen atoms in total. The number of piperidine rings is 1. The predicted octanol–water partition coefficient (Wildman–Crippen LogP) is 1.53. The zero-order chi connectivity index (χ0) is 15.9. The zero-order valence-corrected chi connectivity index (χ0v) is 13.7. The summed E-state index contributed by atoms with van der Waals surface area (Å²) in [6, 6.07) is 0. The SMILES string of the molecule is Cc1noc(Cl)c1CCC(=O)NCCCN1CCC(O)CC1. The lowest BCUT2D eigenvalue weighted by Crippen LogP contribution is -2.37. The highest BCUT2D eigenvalue weighted by molar-refractivity contribution is 6.29. The molecule has 124 valence electrons. The Kier molecular flexibility index (Phi) is 6.67. The Labute approximate surface area is 135 Å². The Morgan fingerprint density at radius 2 is 2.23 bits per heavy atom. The van der Waals surface area contributed by atoms with Gasteiger partial charge in [0, 0.05) is 31.6 Å². The van der Waals surface area contributed by atoms with Crippen molar-refractivity contribution in [1.29, 1.82) is 0 Å². The summed E-state index contributed by atoms with van der Waals surface area (Å²) in [6.45, 7) is 5.34. The van der Waals surface area contributed by atoms with Gasteiger partial charge in [-0.25, -0.2) is 0 Å². The minimum absolute atomic E-state index is 0.0192. The molecule has 2 N–H and O–H groups in total. The first-order chi connectivity index (χ1) is 10.6. The van der Waals surface area contributed by atoms with Crippen molar-refractivity contribution in [2.75, 3.05) is 26.2 Å². The number of rotatable bonds is 7. The molecule has 2 heterocycles. The molecule has 22 heavy (non-hydrogen) atoms. The van der Waals surface area contributed by atoms with Gasteiger partial charge in [-0.05, 0) is 50.8 Å². The second-order valence-corrected chi connectivity index (χ2v) is 6.14. The number of aryl methyl sites for hydroxylation is 1. The van der Waals surface area contributed by atoms with Crippen LogP contribution < -0.4 is 5.32 Å². The lowest BCUT2D eigenvalue weighted by molar-refractivity contribution is -0.121. The maximum Gasteiger partial charge on any atom is 0.229 e. The molecular formula is C15H24ClN3O3. The van der Waals surface area contributed by atoms with E-state index in [1.807, 2.05) is 6.92 Å². The van der Waals surface area contributed by atoms with Gasteiger partial charge in [0.2, 0.25) is 11.1 Å². The number of aromatic nitrogens is 1. The summed E-state index contributed by atoms with van der Waals surface area (Å²) in [5.74, 6) is 0.0192. The Bertz CT molecular complexity index is 465. The van der Waals surface area contributed by atoms with Gasteiger partial charge in [0.25, 0.3) is 0 Å². The van der Waals surface area contributed by atoms with Crippen molar-refractivity contribution in [3.05, 3.63) is 16.5 Å². The van der Waals surface area contributed by atoms with Crippen molar-refractivity contribution in [2.24, 2.45) is 0 Å². The van der Waals surface area contributed by atoms with Gasteiger partial charge in [-0.15, -0.1) is 0 Å². The second-order valence-electron chi connectivity index (χ2n) is 5.80. The molecule has 1 aromatic heterocycles. The fourth-order valence-electron chi connectivity index (χ4n) is 2.64. The molecule has 0 radical (unpaired) electrons. The van der Waals surface area contributed by atoms with Gasteiger partial charge in [0.1, 0.15) is 0 Å². The first-order valence-electron chi connectivity index (χ1n) is 7.84. The van der Waals surface area contributed by atoms with Gasteiger partial charge in [-0.3, -0.25) is 4.79 Å². The normalized spacial score (nSPS) is 16.9. The van der Waals surface area contributed by atoms with Crippen LogP contribution in [0.15, 0.2) is 4.52 Å². The maximum absolute atomic E-state index is 11.8. The summed E-state index contributed by atoms with van der Waals surface area (Å²) in [6.07, 6.45) is 3.43. The van der Waals surface area contributed by atoms with E-state index in [1.54, 1.807) is 0 Å². The van der Waals surface area contributed by atoms with Crippen molar-refractivity contribution >= 4 is 17.5 Å². The molecule has 1 aliphatic rings. The molecule has 0 bridgehead atoms. The molecule has 1 fully saturated rings. The first-order valence-corrected chi connectivity index (χ1v) is 8.22. The smallest absolute Gasteiger partial charge is 0.229 e. The van der Waals surface area contributed by atoms with Crippen LogP contribution in [-0.2, 0) is 11.2 Å². The van der Waals surface area contributed by atoms with E-state index >= 15 is 0 Å². The molecule has 1 amide bonds. The van der Waals surface area contributed by atoms with Crippen LogP contribution in [0, 0.1) is 6.92 Å². The van der Waals surface area contributed by atoms with E-state index < -0.39 is 0 Å². The predicted molar refractivity (Wildman–Crippen MR) is 83.9 cm³/mol. The number of hydrogen-bond donors (Lipinski definition) is 2. The van der Waals surface area contributed by atoms with Crippen LogP contribution in [0.4, 0.5) is 0 Å². The van der Waals surface area contributed by atoms with Crippen LogP contribution in [0.3, 0.4) is 0 Å². The lowest BCUT2D eigenvalue weighted by Gasteiger charge is -2.29. The van der Waals surface area contributed by atoms with E-state index in [9.17, 15) is 9.90 Å². The third-order valence-electron chi connectivity index (χ3n) is 4.07. The van der Waals surface area contributed by atoms with E-state index in [0.29, 0.717) is 19.4 Å². The monoisotopic (exact) mass is 329 g/mol. The number of aliphatic hydroxyl groups is 1. The highest BCUT2D eigenvalue weighted by Crippen LogP contribution is 2.20. The topological polar surface area (TPSA) is 78.6 Å². The molecule has 0 aliphatic carbocycles. The summed E-state index contributed by atoms with van der Waals surface area (Å²) in [4.78, 5) is 14.1. The molecule has 0 aromatic carbocycles. The number of nitrogens with one attached hydrogen (secondary N) is 1. The van der Waals surface area contributed by atoms with Crippen LogP contribution in [-0.4, -0.2) is 53.4 Å². The van der Waals surface area contributed by atoms with Crippen molar-refractivity contribution in [2.45, 2.75) is 45.1 Å². The molecule has 7 heteroatoms. The third-order valence-corrected chi connectivity index (χ3v) is 4.37. The van der Waals surface area contributed by atoms with Crippen molar-refractivity contribution in [1.82, 2.24) is 15.4 Å². The van der Waals surface area contributed by atoms with Crippen LogP contribution in [0.2, 0.25) is 5.22 Å². The van der Waals surface area contributed by atoms with Crippen molar-refractivity contribution in [3.8, 4) is 0 Å². The van der Waals surface area contributed by atoms with E-state index in [1.165, 1.54) is 0 Å². The van der Waals surface area contributed by atoms with E-state index in [2.05, 4.69) is 15.4 Å². The van der Waals surface area contributed by atoms with Gasteiger partial charge >= 0.3 is 0 Å². The Morgan fingerprint density at radius 3 is 2.86 bits per heavy atom. The number of amides is 1. The zero-order valence-electron chi connectivity index (χ0n) is 13.0. The number of aliphatic hydroxyl groups excluding tert-OH is 1. The van der Waals surface area contributed by atoms with Crippen LogP contribution in [0.25, 0.3) is 0 Å². The largest absolute Gasteiger partial charge is 0.393 e. The van der Waals surface area contributed by atoms with Gasteiger partial charge in [0.15, 0.2) is 0 Å². The standard InChI is InChI=1S/C15H24ClN3O3/c1-11-13(15(16)22-18-11)3-4-14(21)17-7-2-8-19-9-5-12(20)6-10-19/h12,20H,2-10H2,1H3,(H,17,21). The van der Waals surface area contributed by atoms with E-state index in [4.69, 9.17) is 16.1 Å². The van der Waals surface area contributed by atoms with Crippen molar-refractivity contribution in [3.63, 3.8) is 0 Å². The molecule has 1 aliphatic heterocycles. The van der Waals surface area contributed by atoms with E-state index in [-0.39, 0.29) is 17.2 Å². The van der Waals surface area contributed by atoms with Crippen LogP contribution in [0.5, 0.6) is 0 Å². The average molecular weight is 330 g/mol. The quantitative estimate of drug-likeness (QED) is 0.742. The maximum atomic E-state index is 11.8. The molecule has 2 rings (SSSR count). The molecule has 0 saturated carbocycles. The minimum Gasteiger partial charge on any atom is -0.393 e. The second kappa shape index (κ2) is 8.50. The van der Waals surface area contributed by atoms with Gasteiger partial charge in [-0.2, -0.15) is 0 Å². The minimum atomic E-state index is -0.136. The molecule has 0 spiro atoms. The average Bonchev–Trinajstić information content (AvgIpc) is 2.82. The Hall–Kier alpha value is -1.11. The number of halogens is 1. The summed E-state index contributed by atoms with van der Waals surface area (Å²) in [5.41, 5.74) is 1.55.